The maximum atomic E-state index is 6.14. The molecular weight excluding hydrogens is 295 g/mol. The first kappa shape index (κ1) is 15.6. The van der Waals surface area contributed by atoms with Gasteiger partial charge in [0.1, 0.15) is 5.82 Å². The van der Waals surface area contributed by atoms with Crippen molar-refractivity contribution < 1.29 is 4.74 Å². The van der Waals surface area contributed by atoms with Gasteiger partial charge >= 0.3 is 0 Å². The summed E-state index contributed by atoms with van der Waals surface area (Å²) in [5.41, 5.74) is 2.03. The van der Waals surface area contributed by atoms with E-state index in [-0.39, 0.29) is 6.04 Å². The third-order valence-electron chi connectivity index (χ3n) is 3.39. The van der Waals surface area contributed by atoms with Crippen molar-refractivity contribution >= 4 is 34.2 Å². The molecule has 1 heterocycles. The van der Waals surface area contributed by atoms with Crippen molar-refractivity contribution in [2.75, 3.05) is 19.6 Å². The molecule has 110 valence electrons. The lowest BCUT2D eigenvalue weighted by Crippen LogP contribution is -2.17. The Morgan fingerprint density at radius 2 is 2.20 bits per heavy atom. The fourth-order valence-electron chi connectivity index (χ4n) is 2.60. The minimum Gasteiger partial charge on any atom is -0.383 e. The van der Waals surface area contributed by atoms with Crippen molar-refractivity contribution in [3.05, 3.63) is 29.0 Å². The maximum Gasteiger partial charge on any atom is 0.111 e. The Hall–Kier alpha value is -0.770. The zero-order valence-corrected chi connectivity index (χ0v) is 13.4. The van der Waals surface area contributed by atoms with Gasteiger partial charge in [-0.15, -0.1) is 11.6 Å². The van der Waals surface area contributed by atoms with Gasteiger partial charge in [0, 0.05) is 24.4 Å². The number of methoxy groups -OCH3 is 1. The molecule has 5 heteroatoms. The summed E-state index contributed by atoms with van der Waals surface area (Å²) >= 11 is 12.1. The average Bonchev–Trinajstić information content (AvgIpc) is 2.76. The van der Waals surface area contributed by atoms with Crippen LogP contribution in [0.3, 0.4) is 0 Å². The highest BCUT2D eigenvalue weighted by atomic mass is 35.5. The first-order chi connectivity index (χ1) is 9.71. The summed E-state index contributed by atoms with van der Waals surface area (Å²) in [5.74, 6) is 1.57. The van der Waals surface area contributed by atoms with Gasteiger partial charge in [0.2, 0.25) is 0 Å². The lowest BCUT2D eigenvalue weighted by molar-refractivity contribution is 0.151. The largest absolute Gasteiger partial charge is 0.383 e. The minimum atomic E-state index is 0.270. The second-order valence-electron chi connectivity index (χ2n) is 4.87. The minimum absolute atomic E-state index is 0.270. The van der Waals surface area contributed by atoms with E-state index in [9.17, 15) is 0 Å². The number of halogens is 2. The molecular formula is C15H20Cl2N2O. The standard InChI is InChI=1S/C15H20Cl2N2O/c1-3-4-12(10-20-2)19-14-9-11(17)5-6-13(14)18-15(19)7-8-16/h5-6,9,12H,3-4,7-8,10H2,1-2H3. The first-order valence-corrected chi connectivity index (χ1v) is 7.83. The summed E-state index contributed by atoms with van der Waals surface area (Å²) in [6, 6.07) is 6.07. The number of nitrogens with zero attached hydrogens (tertiary/aromatic N) is 2. The molecule has 2 rings (SSSR count). The van der Waals surface area contributed by atoms with Crippen molar-refractivity contribution in [3.8, 4) is 0 Å². The van der Waals surface area contributed by atoms with E-state index in [4.69, 9.17) is 32.9 Å². The number of rotatable bonds is 7. The van der Waals surface area contributed by atoms with Crippen LogP contribution in [0.15, 0.2) is 18.2 Å². The monoisotopic (exact) mass is 314 g/mol. The molecule has 3 nitrogen and oxygen atoms in total. The van der Waals surface area contributed by atoms with E-state index >= 15 is 0 Å². The van der Waals surface area contributed by atoms with Crippen LogP contribution in [0.2, 0.25) is 5.02 Å². The molecule has 1 aromatic heterocycles. The van der Waals surface area contributed by atoms with Crippen LogP contribution in [0, 0.1) is 0 Å². The molecule has 0 amide bonds. The summed E-state index contributed by atoms with van der Waals surface area (Å²) in [5, 5.41) is 0.726. The molecule has 0 saturated heterocycles. The number of fused-ring (bicyclic) bond motifs is 1. The second kappa shape index (κ2) is 7.30. The molecule has 0 aliphatic rings. The van der Waals surface area contributed by atoms with Crippen LogP contribution < -0.4 is 0 Å². The molecule has 0 aliphatic carbocycles. The van der Waals surface area contributed by atoms with Crippen molar-refractivity contribution in [3.63, 3.8) is 0 Å². The third-order valence-corrected chi connectivity index (χ3v) is 3.81. The molecule has 1 unspecified atom stereocenters. The molecule has 0 spiro atoms. The first-order valence-electron chi connectivity index (χ1n) is 6.92. The molecule has 0 saturated carbocycles. The van der Waals surface area contributed by atoms with Crippen LogP contribution in [-0.4, -0.2) is 29.1 Å². The molecule has 1 atom stereocenters. The third kappa shape index (κ3) is 3.27. The van der Waals surface area contributed by atoms with Crippen LogP contribution in [0.5, 0.6) is 0 Å². The van der Waals surface area contributed by atoms with Gasteiger partial charge in [0.15, 0.2) is 0 Å². The highest BCUT2D eigenvalue weighted by Gasteiger charge is 2.18. The second-order valence-corrected chi connectivity index (χ2v) is 5.68. The van der Waals surface area contributed by atoms with E-state index in [2.05, 4.69) is 11.5 Å². The van der Waals surface area contributed by atoms with E-state index in [1.807, 2.05) is 18.2 Å². The van der Waals surface area contributed by atoms with Gasteiger partial charge in [0.05, 0.1) is 23.7 Å². The molecule has 0 fully saturated rings. The number of aromatic nitrogens is 2. The van der Waals surface area contributed by atoms with Gasteiger partial charge in [0.25, 0.3) is 0 Å². The molecule has 20 heavy (non-hydrogen) atoms. The Bertz CT molecular complexity index is 562. The number of imidazole rings is 1. The summed E-state index contributed by atoms with van der Waals surface area (Å²) in [4.78, 5) is 4.69. The summed E-state index contributed by atoms with van der Waals surface area (Å²) in [6.45, 7) is 2.84. The summed E-state index contributed by atoms with van der Waals surface area (Å²) in [7, 11) is 1.73. The predicted molar refractivity (Wildman–Crippen MR) is 85.0 cm³/mol. The number of benzene rings is 1. The Labute approximate surface area is 129 Å². The van der Waals surface area contributed by atoms with Crippen molar-refractivity contribution in [2.24, 2.45) is 0 Å². The van der Waals surface area contributed by atoms with Crippen molar-refractivity contribution in [2.45, 2.75) is 32.2 Å². The van der Waals surface area contributed by atoms with Crippen molar-refractivity contribution in [1.29, 1.82) is 0 Å². The van der Waals surface area contributed by atoms with E-state index in [0.29, 0.717) is 12.5 Å². The van der Waals surface area contributed by atoms with Crippen LogP contribution in [0.25, 0.3) is 11.0 Å². The Balaban J connectivity index is 2.55. The molecule has 0 bridgehead atoms. The van der Waals surface area contributed by atoms with Gasteiger partial charge in [-0.3, -0.25) is 0 Å². The quantitative estimate of drug-likeness (QED) is 0.705. The lowest BCUT2D eigenvalue weighted by Gasteiger charge is -2.20. The number of hydrogen-bond donors (Lipinski definition) is 0. The lowest BCUT2D eigenvalue weighted by atomic mass is 10.1. The molecule has 0 N–H and O–H groups in total. The van der Waals surface area contributed by atoms with Crippen LogP contribution in [0.4, 0.5) is 0 Å². The SMILES string of the molecule is CCCC(COC)n1c(CCCl)nc2ccc(Cl)cc21. The topological polar surface area (TPSA) is 27.1 Å². The van der Waals surface area contributed by atoms with Crippen LogP contribution >= 0.6 is 23.2 Å². The fourth-order valence-corrected chi connectivity index (χ4v) is 2.93. The highest BCUT2D eigenvalue weighted by molar-refractivity contribution is 6.31. The Kier molecular flexibility index (Phi) is 5.70. The van der Waals surface area contributed by atoms with Gasteiger partial charge in [-0.1, -0.05) is 24.9 Å². The average molecular weight is 315 g/mol. The Morgan fingerprint density at radius 1 is 1.40 bits per heavy atom. The van der Waals surface area contributed by atoms with E-state index in [0.717, 1.165) is 41.1 Å². The molecule has 2 aromatic rings. The van der Waals surface area contributed by atoms with E-state index in [1.165, 1.54) is 0 Å². The van der Waals surface area contributed by atoms with Gasteiger partial charge in [-0.05, 0) is 24.6 Å². The normalized spacial score (nSPS) is 13.0. The van der Waals surface area contributed by atoms with Gasteiger partial charge < -0.3 is 9.30 Å². The smallest absolute Gasteiger partial charge is 0.111 e. The van der Waals surface area contributed by atoms with Crippen LogP contribution in [0.1, 0.15) is 31.6 Å². The molecule has 0 radical (unpaired) electrons. The molecule has 1 aromatic carbocycles. The highest BCUT2D eigenvalue weighted by Crippen LogP contribution is 2.27. The van der Waals surface area contributed by atoms with Gasteiger partial charge in [-0.2, -0.15) is 0 Å². The van der Waals surface area contributed by atoms with Crippen LogP contribution in [-0.2, 0) is 11.2 Å². The zero-order chi connectivity index (χ0) is 14.5. The van der Waals surface area contributed by atoms with Crippen molar-refractivity contribution in [1.82, 2.24) is 9.55 Å². The summed E-state index contributed by atoms with van der Waals surface area (Å²) < 4.78 is 7.62. The fraction of sp³-hybridized carbons (Fsp3) is 0.533. The number of aryl methyl sites for hydroxylation is 1. The van der Waals surface area contributed by atoms with Gasteiger partial charge in [-0.25, -0.2) is 4.98 Å². The summed E-state index contributed by atoms with van der Waals surface area (Å²) in [6.07, 6.45) is 2.88. The predicted octanol–water partition coefficient (Wildman–Crippen LogP) is 4.46. The number of hydrogen-bond acceptors (Lipinski definition) is 2. The zero-order valence-electron chi connectivity index (χ0n) is 11.9. The number of alkyl halides is 1. The van der Waals surface area contributed by atoms with E-state index in [1.54, 1.807) is 7.11 Å². The number of ether oxygens (including phenoxy) is 1. The van der Waals surface area contributed by atoms with E-state index < -0.39 is 0 Å². The maximum absolute atomic E-state index is 6.14. The Morgan fingerprint density at radius 3 is 2.85 bits per heavy atom. The molecule has 0 aliphatic heterocycles.